The molecular formula is C20H22N4O4. The molecule has 146 valence electrons. The molecule has 0 bridgehead atoms. The number of hydrogen-bond acceptors (Lipinski definition) is 6. The van der Waals surface area contributed by atoms with E-state index in [0.29, 0.717) is 0 Å². The van der Waals surface area contributed by atoms with Crippen molar-refractivity contribution in [2.24, 2.45) is 5.10 Å². The fraction of sp³-hybridized carbons (Fsp3) is 0.350. The predicted octanol–water partition coefficient (Wildman–Crippen LogP) is 5.19. The van der Waals surface area contributed by atoms with Crippen molar-refractivity contribution in [3.8, 4) is 0 Å². The van der Waals surface area contributed by atoms with Gasteiger partial charge in [0.25, 0.3) is 5.69 Å². The standard InChI is InChI=1S/C20H22N4O4/c1-2-20(15-8-4-3-5-9-15)13-7-6-10-19(20)22-21-17-12-11-16(23(25)26)14-18(17)24(27)28/h3-5,8-9,11-12,14,21H,2,6-7,10,13H2,1H3/b22-19+/t20-/m0/s1. The second-order valence-corrected chi connectivity index (χ2v) is 6.89. The minimum Gasteiger partial charge on any atom is -0.272 e. The van der Waals surface area contributed by atoms with Gasteiger partial charge < -0.3 is 0 Å². The largest absolute Gasteiger partial charge is 0.301 e. The first-order chi connectivity index (χ1) is 13.5. The van der Waals surface area contributed by atoms with E-state index in [1.54, 1.807) is 0 Å². The van der Waals surface area contributed by atoms with Crippen LogP contribution in [0.15, 0.2) is 53.6 Å². The van der Waals surface area contributed by atoms with Gasteiger partial charge in [0.2, 0.25) is 0 Å². The fourth-order valence-electron chi connectivity index (χ4n) is 3.93. The SMILES string of the molecule is CC[C@@]1(c2ccccc2)CCCC/C1=N\Nc1ccc([N+](=O)[O-])cc1[N+](=O)[O-]. The van der Waals surface area contributed by atoms with E-state index in [0.717, 1.165) is 43.9 Å². The first-order valence-corrected chi connectivity index (χ1v) is 9.29. The maximum Gasteiger partial charge on any atom is 0.301 e. The van der Waals surface area contributed by atoms with Gasteiger partial charge in [0.1, 0.15) is 5.69 Å². The van der Waals surface area contributed by atoms with Crippen LogP contribution in [0.1, 0.15) is 44.6 Å². The van der Waals surface area contributed by atoms with Gasteiger partial charge in [-0.05, 0) is 37.3 Å². The summed E-state index contributed by atoms with van der Waals surface area (Å²) in [5.74, 6) is 0. The molecule has 0 saturated heterocycles. The summed E-state index contributed by atoms with van der Waals surface area (Å²) in [4.78, 5) is 21.0. The van der Waals surface area contributed by atoms with Crippen LogP contribution in [0.4, 0.5) is 17.1 Å². The number of hydrazone groups is 1. The topological polar surface area (TPSA) is 111 Å². The van der Waals surface area contributed by atoms with Gasteiger partial charge in [-0.1, -0.05) is 43.7 Å². The van der Waals surface area contributed by atoms with Gasteiger partial charge >= 0.3 is 5.69 Å². The molecule has 28 heavy (non-hydrogen) atoms. The van der Waals surface area contributed by atoms with Gasteiger partial charge in [-0.25, -0.2) is 0 Å². The maximum atomic E-state index is 11.3. The first-order valence-electron chi connectivity index (χ1n) is 9.29. The minimum atomic E-state index is -0.651. The van der Waals surface area contributed by atoms with Crippen LogP contribution in [0, 0.1) is 20.2 Å². The number of nitrogens with one attached hydrogen (secondary N) is 1. The summed E-state index contributed by atoms with van der Waals surface area (Å²) in [6, 6.07) is 13.7. The highest BCUT2D eigenvalue weighted by molar-refractivity contribution is 5.96. The molecule has 0 amide bonds. The quantitative estimate of drug-likeness (QED) is 0.546. The zero-order valence-corrected chi connectivity index (χ0v) is 15.6. The van der Waals surface area contributed by atoms with E-state index in [1.165, 1.54) is 17.7 Å². The van der Waals surface area contributed by atoms with Crippen LogP contribution in [0.3, 0.4) is 0 Å². The average Bonchev–Trinajstić information content (AvgIpc) is 2.72. The number of hydrogen-bond donors (Lipinski definition) is 1. The van der Waals surface area contributed by atoms with Gasteiger partial charge in [0.05, 0.1) is 15.9 Å². The van der Waals surface area contributed by atoms with Crippen molar-refractivity contribution in [3.05, 3.63) is 74.3 Å². The van der Waals surface area contributed by atoms with Crippen LogP contribution in [0.25, 0.3) is 0 Å². The molecule has 0 aromatic heterocycles. The highest BCUT2D eigenvalue weighted by Gasteiger charge is 2.38. The molecule has 0 unspecified atom stereocenters. The molecule has 2 aromatic carbocycles. The van der Waals surface area contributed by atoms with Crippen molar-refractivity contribution in [2.45, 2.75) is 44.4 Å². The molecule has 0 spiro atoms. The van der Waals surface area contributed by atoms with Gasteiger partial charge in [-0.2, -0.15) is 5.10 Å². The molecule has 0 radical (unpaired) electrons. The lowest BCUT2D eigenvalue weighted by atomic mass is 9.66. The maximum absolute atomic E-state index is 11.3. The van der Waals surface area contributed by atoms with Crippen LogP contribution >= 0.6 is 0 Å². The average molecular weight is 382 g/mol. The Morgan fingerprint density at radius 1 is 1.07 bits per heavy atom. The number of nitrogens with zero attached hydrogens (tertiary/aromatic N) is 3. The summed E-state index contributed by atoms with van der Waals surface area (Å²) in [6.45, 7) is 2.13. The Morgan fingerprint density at radius 2 is 1.82 bits per heavy atom. The Morgan fingerprint density at radius 3 is 2.46 bits per heavy atom. The van der Waals surface area contributed by atoms with Gasteiger partial charge in [0.15, 0.2) is 0 Å². The van der Waals surface area contributed by atoms with E-state index in [9.17, 15) is 20.2 Å². The van der Waals surface area contributed by atoms with E-state index in [-0.39, 0.29) is 22.5 Å². The number of nitro benzene ring substituents is 2. The molecule has 1 aliphatic carbocycles. The van der Waals surface area contributed by atoms with E-state index >= 15 is 0 Å². The molecule has 8 nitrogen and oxygen atoms in total. The van der Waals surface area contributed by atoms with Crippen molar-refractivity contribution in [3.63, 3.8) is 0 Å². The summed E-state index contributed by atoms with van der Waals surface area (Å²) in [5.41, 5.74) is 4.21. The second-order valence-electron chi connectivity index (χ2n) is 6.89. The van der Waals surface area contributed by atoms with Crippen LogP contribution < -0.4 is 5.43 Å². The van der Waals surface area contributed by atoms with E-state index < -0.39 is 9.85 Å². The van der Waals surface area contributed by atoms with Crippen molar-refractivity contribution >= 4 is 22.8 Å². The number of rotatable bonds is 6. The third-order valence-corrected chi connectivity index (χ3v) is 5.45. The van der Waals surface area contributed by atoms with Gasteiger partial charge in [-0.15, -0.1) is 0 Å². The highest BCUT2D eigenvalue weighted by atomic mass is 16.6. The Bertz CT molecular complexity index is 914. The monoisotopic (exact) mass is 382 g/mol. The normalized spacial score (nSPS) is 20.7. The molecule has 0 heterocycles. The van der Waals surface area contributed by atoms with Crippen molar-refractivity contribution in [2.75, 3.05) is 5.43 Å². The molecule has 1 N–H and O–H groups in total. The number of benzene rings is 2. The van der Waals surface area contributed by atoms with Crippen molar-refractivity contribution in [1.82, 2.24) is 0 Å². The van der Waals surface area contributed by atoms with Gasteiger partial charge in [0, 0.05) is 17.2 Å². The molecule has 1 fully saturated rings. The molecule has 3 rings (SSSR count). The summed E-state index contributed by atoms with van der Waals surface area (Å²) in [7, 11) is 0. The molecule has 2 aromatic rings. The second kappa shape index (κ2) is 8.16. The first kappa shape index (κ1) is 19.5. The van der Waals surface area contributed by atoms with Gasteiger partial charge in [-0.3, -0.25) is 25.7 Å². The predicted molar refractivity (Wildman–Crippen MR) is 108 cm³/mol. The number of nitro groups is 2. The summed E-state index contributed by atoms with van der Waals surface area (Å²) in [5, 5.41) is 26.8. The summed E-state index contributed by atoms with van der Waals surface area (Å²) < 4.78 is 0. The van der Waals surface area contributed by atoms with Crippen LogP contribution in [0.5, 0.6) is 0 Å². The zero-order valence-electron chi connectivity index (χ0n) is 15.6. The fourth-order valence-corrected chi connectivity index (χ4v) is 3.93. The number of non-ortho nitro benzene ring substituents is 1. The Hall–Kier alpha value is -3.29. The molecular weight excluding hydrogens is 360 g/mol. The van der Waals surface area contributed by atoms with Crippen LogP contribution in [0.2, 0.25) is 0 Å². The third kappa shape index (κ3) is 3.71. The van der Waals surface area contributed by atoms with E-state index in [4.69, 9.17) is 0 Å². The lowest BCUT2D eigenvalue weighted by Crippen LogP contribution is -2.38. The molecule has 1 atom stereocenters. The van der Waals surface area contributed by atoms with Crippen LogP contribution in [-0.4, -0.2) is 15.6 Å². The Balaban J connectivity index is 1.98. The van der Waals surface area contributed by atoms with Crippen molar-refractivity contribution in [1.29, 1.82) is 0 Å². The van der Waals surface area contributed by atoms with Crippen molar-refractivity contribution < 1.29 is 9.85 Å². The molecule has 1 aliphatic rings. The summed E-state index contributed by atoms with van der Waals surface area (Å²) in [6.07, 6.45) is 4.75. The smallest absolute Gasteiger partial charge is 0.272 e. The van der Waals surface area contributed by atoms with E-state index in [1.807, 2.05) is 18.2 Å². The number of anilines is 1. The molecule has 1 saturated carbocycles. The lowest BCUT2D eigenvalue weighted by molar-refractivity contribution is -0.393. The minimum absolute atomic E-state index is 0.145. The summed E-state index contributed by atoms with van der Waals surface area (Å²) >= 11 is 0. The third-order valence-electron chi connectivity index (χ3n) is 5.45. The van der Waals surface area contributed by atoms with Crippen LogP contribution in [-0.2, 0) is 5.41 Å². The zero-order chi connectivity index (χ0) is 20.1. The molecule has 0 aliphatic heterocycles. The highest BCUT2D eigenvalue weighted by Crippen LogP contribution is 2.40. The lowest BCUT2D eigenvalue weighted by Gasteiger charge is -2.38. The molecule has 8 heteroatoms. The Labute approximate surface area is 162 Å². The Kier molecular flexibility index (Phi) is 5.67. The van der Waals surface area contributed by atoms with E-state index in [2.05, 4.69) is 29.6 Å².